The van der Waals surface area contributed by atoms with Gasteiger partial charge in [-0.2, -0.15) is 0 Å². The van der Waals surface area contributed by atoms with E-state index in [4.69, 9.17) is 16.6 Å². The predicted molar refractivity (Wildman–Crippen MR) is 97.7 cm³/mol. The number of nitrogens with zero attached hydrogens (tertiary/aromatic N) is 3. The van der Waals surface area contributed by atoms with Gasteiger partial charge in [0.2, 0.25) is 5.91 Å². The fourth-order valence-electron chi connectivity index (χ4n) is 2.86. The van der Waals surface area contributed by atoms with Crippen molar-refractivity contribution in [2.45, 2.75) is 33.1 Å². The van der Waals surface area contributed by atoms with Crippen molar-refractivity contribution >= 4 is 44.2 Å². The number of hydrogen-bond acceptors (Lipinski definition) is 4. The Morgan fingerprint density at radius 3 is 2.70 bits per heavy atom. The molecule has 4 nitrogen and oxygen atoms in total. The number of fused-ring (bicyclic) bond motifs is 1. The van der Waals surface area contributed by atoms with E-state index in [0.29, 0.717) is 6.42 Å². The Hall–Kier alpha value is -1.33. The average Bonchev–Trinajstić information content (AvgIpc) is 3.03. The van der Waals surface area contributed by atoms with Crippen LogP contribution in [0, 0.1) is 6.92 Å². The molecule has 1 aromatic heterocycles. The van der Waals surface area contributed by atoms with Crippen LogP contribution in [0.1, 0.15) is 31.7 Å². The van der Waals surface area contributed by atoms with Gasteiger partial charge in [0.25, 0.3) is 0 Å². The van der Waals surface area contributed by atoms with Crippen LogP contribution in [0.4, 0.5) is 5.13 Å². The molecule has 2 heterocycles. The molecule has 1 aromatic carbocycles. The normalized spacial score (nSPS) is 15.4. The first-order valence-corrected chi connectivity index (χ1v) is 9.38. The number of aryl methyl sites for hydroxylation is 1. The lowest BCUT2D eigenvalue weighted by molar-refractivity contribution is -0.131. The number of rotatable bonds is 4. The van der Waals surface area contributed by atoms with Gasteiger partial charge in [0.15, 0.2) is 5.13 Å². The molecule has 0 aliphatic carbocycles. The molecule has 0 saturated carbocycles. The van der Waals surface area contributed by atoms with Crippen molar-refractivity contribution in [2.24, 2.45) is 0 Å². The first kappa shape index (κ1) is 16.5. The van der Waals surface area contributed by atoms with E-state index in [1.807, 2.05) is 17.0 Å². The zero-order chi connectivity index (χ0) is 16.4. The minimum atomic E-state index is 0.287. The number of aromatic nitrogens is 1. The van der Waals surface area contributed by atoms with Crippen LogP contribution < -0.4 is 4.90 Å². The highest BCUT2D eigenvalue weighted by Gasteiger charge is 2.23. The molecule has 2 aromatic rings. The number of thiazole rings is 1. The molecule has 0 radical (unpaired) electrons. The summed E-state index contributed by atoms with van der Waals surface area (Å²) in [7, 11) is 0. The quantitative estimate of drug-likeness (QED) is 0.832. The topological polar surface area (TPSA) is 36.4 Å². The fourth-order valence-corrected chi connectivity index (χ4v) is 4.23. The van der Waals surface area contributed by atoms with E-state index in [1.54, 1.807) is 11.3 Å². The number of amides is 1. The minimum Gasteiger partial charge on any atom is -0.345 e. The molecule has 0 unspecified atom stereocenters. The second kappa shape index (κ2) is 7.05. The van der Waals surface area contributed by atoms with E-state index in [1.165, 1.54) is 0 Å². The van der Waals surface area contributed by atoms with Gasteiger partial charge >= 0.3 is 0 Å². The van der Waals surface area contributed by atoms with Crippen LogP contribution in [-0.4, -0.2) is 42.0 Å². The standard InChI is InChI=1S/C17H22ClN3OS/c1-3-4-5-14(22)20-8-10-21(11-9-20)17-19-15-12(2)6-7-13(18)16(15)23-17/h6-7H,3-5,8-11H2,1-2H3. The van der Waals surface area contributed by atoms with E-state index in [9.17, 15) is 4.79 Å². The number of anilines is 1. The molecule has 6 heteroatoms. The average molecular weight is 352 g/mol. The van der Waals surface area contributed by atoms with E-state index in [0.717, 1.165) is 65.0 Å². The Morgan fingerprint density at radius 2 is 2.04 bits per heavy atom. The van der Waals surface area contributed by atoms with E-state index in [2.05, 4.69) is 18.7 Å². The number of carbonyl (C=O) groups excluding carboxylic acids is 1. The molecule has 1 aliphatic heterocycles. The lowest BCUT2D eigenvalue weighted by atomic mass is 10.2. The number of carbonyl (C=O) groups is 1. The van der Waals surface area contributed by atoms with Crippen molar-refractivity contribution in [3.05, 3.63) is 22.7 Å². The number of benzene rings is 1. The summed E-state index contributed by atoms with van der Waals surface area (Å²) in [5.41, 5.74) is 2.15. The summed E-state index contributed by atoms with van der Waals surface area (Å²) < 4.78 is 1.06. The molecule has 1 amide bonds. The number of unbranched alkanes of at least 4 members (excludes halogenated alkanes) is 1. The Morgan fingerprint density at radius 1 is 1.30 bits per heavy atom. The molecule has 0 N–H and O–H groups in total. The van der Waals surface area contributed by atoms with Crippen molar-refractivity contribution in [1.29, 1.82) is 0 Å². The highest BCUT2D eigenvalue weighted by molar-refractivity contribution is 7.22. The van der Waals surface area contributed by atoms with Gasteiger partial charge in [0, 0.05) is 32.6 Å². The molecular formula is C17H22ClN3OS. The molecule has 1 saturated heterocycles. The maximum absolute atomic E-state index is 12.1. The Balaban J connectivity index is 1.69. The van der Waals surface area contributed by atoms with Crippen molar-refractivity contribution in [1.82, 2.24) is 9.88 Å². The Labute approximate surface area is 146 Å². The van der Waals surface area contributed by atoms with E-state index >= 15 is 0 Å². The maximum Gasteiger partial charge on any atom is 0.222 e. The second-order valence-electron chi connectivity index (χ2n) is 6.01. The largest absolute Gasteiger partial charge is 0.345 e. The minimum absolute atomic E-state index is 0.287. The van der Waals surface area contributed by atoms with Gasteiger partial charge < -0.3 is 9.80 Å². The highest BCUT2D eigenvalue weighted by Crippen LogP contribution is 2.35. The van der Waals surface area contributed by atoms with Crippen LogP contribution in [0.5, 0.6) is 0 Å². The van der Waals surface area contributed by atoms with E-state index < -0.39 is 0 Å². The van der Waals surface area contributed by atoms with Gasteiger partial charge in [-0.05, 0) is 25.0 Å². The second-order valence-corrected chi connectivity index (χ2v) is 7.39. The monoisotopic (exact) mass is 351 g/mol. The predicted octanol–water partition coefficient (Wildman–Crippen LogP) is 4.10. The van der Waals surface area contributed by atoms with Crippen molar-refractivity contribution < 1.29 is 4.79 Å². The maximum atomic E-state index is 12.1. The molecule has 0 atom stereocenters. The van der Waals surface area contributed by atoms with Gasteiger partial charge in [0.1, 0.15) is 0 Å². The molecule has 1 fully saturated rings. The third-order valence-corrected chi connectivity index (χ3v) is 5.91. The first-order chi connectivity index (χ1) is 11.1. The van der Waals surface area contributed by atoms with Crippen LogP contribution in [0.15, 0.2) is 12.1 Å². The van der Waals surface area contributed by atoms with Crippen molar-refractivity contribution in [3.63, 3.8) is 0 Å². The highest BCUT2D eigenvalue weighted by atomic mass is 35.5. The van der Waals surface area contributed by atoms with Gasteiger partial charge in [-0.15, -0.1) is 0 Å². The lowest BCUT2D eigenvalue weighted by Crippen LogP contribution is -2.48. The smallest absolute Gasteiger partial charge is 0.222 e. The molecule has 1 aliphatic rings. The SMILES string of the molecule is CCCCC(=O)N1CCN(c2nc3c(C)ccc(Cl)c3s2)CC1. The third-order valence-electron chi connectivity index (χ3n) is 4.33. The zero-order valence-electron chi connectivity index (χ0n) is 13.6. The van der Waals surface area contributed by atoms with Crippen LogP contribution >= 0.6 is 22.9 Å². The molecule has 124 valence electrons. The molecule has 23 heavy (non-hydrogen) atoms. The van der Waals surface area contributed by atoms with Gasteiger partial charge in [-0.3, -0.25) is 4.79 Å². The number of hydrogen-bond donors (Lipinski definition) is 0. The lowest BCUT2D eigenvalue weighted by Gasteiger charge is -2.34. The number of halogens is 1. The molecule has 0 bridgehead atoms. The van der Waals surface area contributed by atoms with Crippen LogP contribution in [0.3, 0.4) is 0 Å². The summed E-state index contributed by atoms with van der Waals surface area (Å²) in [6.45, 7) is 7.43. The third kappa shape index (κ3) is 3.45. The van der Waals surface area contributed by atoms with Gasteiger partial charge in [-0.1, -0.05) is 42.3 Å². The van der Waals surface area contributed by atoms with Crippen molar-refractivity contribution in [2.75, 3.05) is 31.1 Å². The first-order valence-electron chi connectivity index (χ1n) is 8.18. The fraction of sp³-hybridized carbons (Fsp3) is 0.529. The summed E-state index contributed by atoms with van der Waals surface area (Å²) in [6, 6.07) is 3.95. The number of piperazine rings is 1. The summed E-state index contributed by atoms with van der Waals surface area (Å²) in [5, 5.41) is 1.78. The summed E-state index contributed by atoms with van der Waals surface area (Å²) >= 11 is 7.94. The van der Waals surface area contributed by atoms with E-state index in [-0.39, 0.29) is 5.91 Å². The van der Waals surface area contributed by atoms with Gasteiger partial charge in [-0.25, -0.2) is 4.98 Å². The summed E-state index contributed by atoms with van der Waals surface area (Å²) in [4.78, 5) is 21.1. The molecule has 0 spiro atoms. The van der Waals surface area contributed by atoms with Crippen LogP contribution in [-0.2, 0) is 4.79 Å². The Kier molecular flexibility index (Phi) is 5.07. The van der Waals surface area contributed by atoms with Gasteiger partial charge in [0.05, 0.1) is 15.2 Å². The summed E-state index contributed by atoms with van der Waals surface area (Å²) in [6.07, 6.45) is 2.72. The zero-order valence-corrected chi connectivity index (χ0v) is 15.2. The van der Waals surface area contributed by atoms with Crippen molar-refractivity contribution in [3.8, 4) is 0 Å². The summed E-state index contributed by atoms with van der Waals surface area (Å²) in [5.74, 6) is 0.287. The van der Waals surface area contributed by atoms with Crippen LogP contribution in [0.2, 0.25) is 5.02 Å². The Bertz CT molecular complexity index is 668. The van der Waals surface area contributed by atoms with Crippen LogP contribution in [0.25, 0.3) is 10.2 Å². The molecule has 3 rings (SSSR count). The molecular weight excluding hydrogens is 330 g/mol.